The lowest BCUT2D eigenvalue weighted by molar-refractivity contribution is 0.0939. The molecule has 2 N–H and O–H groups in total. The molecule has 0 saturated heterocycles. The van der Waals surface area contributed by atoms with Crippen molar-refractivity contribution in [3.63, 3.8) is 0 Å². The van der Waals surface area contributed by atoms with E-state index in [1.54, 1.807) is 13.8 Å². The standard InChI is InChI=1S/C31H50IN5O3SSi2.C31H51N5O3SSi2/c1-21(38)30-33-18-26(41-30)25-17-34-37-29(25)35-28(24-15-22-8-9-23(14-22)16-24)27(32)31(37)36(19-39-10-12-42(2,3)4)20-40-11-13-43(5,6)7;1-22(37)31-32-19-28(40-31)26-18-33-36-29(17-27(34-30(26)36)25-15-23-8-9-24(14-23)16-25)35(20-38-10-12-41(2,3)4)21-39-11-13-42(5,6)7/h17-18,21-24,38H,8-16,19-20H2,1-7H3;17-19,22-25,37H,8-16,20-21H2,1-7H3/t21?,22-,23+,24?;22?,23-,24?,25?/m.0/s1. The molecule has 4 aliphatic rings. The molecule has 8 atom stereocenters. The van der Waals surface area contributed by atoms with Crippen molar-refractivity contribution in [2.45, 2.75) is 205 Å². The highest BCUT2D eigenvalue weighted by atomic mass is 127. The van der Waals surface area contributed by atoms with Gasteiger partial charge in [0.1, 0.15) is 55.0 Å². The van der Waals surface area contributed by atoms with Crippen molar-refractivity contribution in [3.05, 3.63) is 55.8 Å². The molecule has 6 aromatic heterocycles. The van der Waals surface area contributed by atoms with E-state index in [9.17, 15) is 10.2 Å². The number of rotatable bonds is 28. The number of halogens is 1. The highest BCUT2D eigenvalue weighted by Crippen LogP contribution is 2.51. The number of thiazole rings is 2. The van der Waals surface area contributed by atoms with E-state index >= 15 is 0 Å². The number of ether oxygens (including phenoxy) is 4. The van der Waals surface area contributed by atoms with Crippen LogP contribution in [0.2, 0.25) is 103 Å². The van der Waals surface area contributed by atoms with Crippen LogP contribution in [0.5, 0.6) is 0 Å². The molecule has 23 heteroatoms. The second-order valence-corrected chi connectivity index (χ2v) is 55.8. The lowest BCUT2D eigenvalue weighted by Crippen LogP contribution is -2.34. The van der Waals surface area contributed by atoms with Crippen molar-refractivity contribution >= 4 is 100 Å². The molecule has 0 amide bonds. The normalized spacial score (nSPS) is 21.7. The minimum Gasteiger partial charge on any atom is -0.386 e. The first-order chi connectivity index (χ1) is 40.1. The van der Waals surface area contributed by atoms with Gasteiger partial charge in [0, 0.05) is 94.7 Å². The summed E-state index contributed by atoms with van der Waals surface area (Å²) < 4.78 is 30.5. The van der Waals surface area contributed by atoms with Crippen LogP contribution in [0.4, 0.5) is 11.6 Å². The molecule has 470 valence electrons. The van der Waals surface area contributed by atoms with Crippen molar-refractivity contribution in [2.24, 2.45) is 23.7 Å². The minimum absolute atomic E-state index is 0.446. The molecule has 4 aliphatic carbocycles. The van der Waals surface area contributed by atoms with Gasteiger partial charge in [-0.25, -0.2) is 19.9 Å². The lowest BCUT2D eigenvalue weighted by Gasteiger charge is -2.31. The zero-order chi connectivity index (χ0) is 61.0. The summed E-state index contributed by atoms with van der Waals surface area (Å²) in [5, 5.41) is 31.5. The van der Waals surface area contributed by atoms with Gasteiger partial charge in [-0.15, -0.1) is 22.7 Å². The Morgan fingerprint density at radius 1 is 0.541 bits per heavy atom. The largest absolute Gasteiger partial charge is 0.386 e. The van der Waals surface area contributed by atoms with Gasteiger partial charge in [-0.3, -0.25) is 0 Å². The first-order valence-corrected chi connectivity index (χ1v) is 49.2. The summed E-state index contributed by atoms with van der Waals surface area (Å²) in [7, 11) is -4.84. The lowest BCUT2D eigenvalue weighted by atomic mass is 9.79. The Balaban J connectivity index is 0.000000204. The van der Waals surface area contributed by atoms with Crippen molar-refractivity contribution in [1.82, 2.24) is 39.2 Å². The summed E-state index contributed by atoms with van der Waals surface area (Å²) in [6, 6.07) is 6.76. The first kappa shape index (κ1) is 66.9. The molecule has 0 aromatic carbocycles. The maximum Gasteiger partial charge on any atom is 0.166 e. The summed E-state index contributed by atoms with van der Waals surface area (Å²) in [6.45, 7) is 37.0. The van der Waals surface area contributed by atoms with Gasteiger partial charge in [-0.05, 0) is 123 Å². The Bertz CT molecular complexity index is 3060. The fourth-order valence-corrected chi connectivity index (χ4v) is 18.4. The van der Waals surface area contributed by atoms with Crippen LogP contribution in [-0.4, -0.2) is 135 Å². The second kappa shape index (κ2) is 28.7. The average molecular weight is 1390 g/mol. The van der Waals surface area contributed by atoms with Crippen molar-refractivity contribution < 1.29 is 29.2 Å². The molecule has 0 spiro atoms. The summed E-state index contributed by atoms with van der Waals surface area (Å²) in [6.07, 6.45) is 19.4. The van der Waals surface area contributed by atoms with E-state index in [1.165, 1.54) is 92.6 Å². The molecular formula is C62H101IN10O6S2Si4. The van der Waals surface area contributed by atoms with Crippen LogP contribution < -0.4 is 9.80 Å². The molecule has 4 fully saturated rings. The fraction of sp³-hybridized carbons (Fsp3) is 0.710. The van der Waals surface area contributed by atoms with Gasteiger partial charge in [0.2, 0.25) is 0 Å². The van der Waals surface area contributed by atoms with Gasteiger partial charge in [0.15, 0.2) is 17.1 Å². The SMILES string of the molecule is CC(O)c1ncc(-c2cnn3c(N(COCC[Si](C)(C)C)COCC[Si](C)(C)C)c(I)c(C4C[C@H]5CC[C@@H](C4)C5)nc23)s1.CC(O)c1ncc(-c2cnn3c(N(COCC[Si](C)(C)C)COCC[Si](C)(C)C)cc(C4CC5CC[C@@H](C5)C4)nc23)s1. The Hall–Kier alpha value is -2.54. The Morgan fingerprint density at radius 2 is 0.929 bits per heavy atom. The summed E-state index contributed by atoms with van der Waals surface area (Å²) in [5.41, 5.74) is 5.96. The Labute approximate surface area is 533 Å². The third-order valence-electron chi connectivity index (χ3n) is 17.5. The molecule has 85 heavy (non-hydrogen) atoms. The average Bonchev–Trinajstić information content (AvgIpc) is 2.88. The maximum atomic E-state index is 10.2. The number of aromatic nitrogens is 8. The van der Waals surface area contributed by atoms with Crippen molar-refractivity contribution in [1.29, 1.82) is 0 Å². The van der Waals surface area contributed by atoms with E-state index in [1.807, 2.05) is 33.8 Å². The first-order valence-electron chi connectivity index (χ1n) is 31.7. The van der Waals surface area contributed by atoms with Gasteiger partial charge in [0.05, 0.1) is 42.5 Å². The van der Waals surface area contributed by atoms with Crippen LogP contribution in [0.1, 0.15) is 124 Å². The van der Waals surface area contributed by atoms with Crippen molar-refractivity contribution in [3.8, 4) is 20.9 Å². The predicted molar refractivity (Wildman–Crippen MR) is 369 cm³/mol. The molecule has 5 unspecified atom stereocenters. The van der Waals surface area contributed by atoms with Gasteiger partial charge < -0.3 is 39.0 Å². The van der Waals surface area contributed by atoms with Gasteiger partial charge in [0.25, 0.3) is 0 Å². The smallest absolute Gasteiger partial charge is 0.166 e. The van der Waals surface area contributed by atoms with E-state index in [-0.39, 0.29) is 0 Å². The Morgan fingerprint density at radius 3 is 1.33 bits per heavy atom. The van der Waals surface area contributed by atoms with Gasteiger partial charge in [-0.1, -0.05) is 104 Å². The molecule has 6 heterocycles. The van der Waals surface area contributed by atoms with Crippen LogP contribution in [0.15, 0.2) is 30.9 Å². The quantitative estimate of drug-likeness (QED) is 0.0206. The van der Waals surface area contributed by atoms with Crippen LogP contribution in [-0.2, 0) is 18.9 Å². The monoisotopic (exact) mass is 1380 g/mol. The number of hydrogen-bond donors (Lipinski definition) is 2. The molecule has 4 saturated carbocycles. The maximum absolute atomic E-state index is 10.2. The molecular weight excluding hydrogens is 1280 g/mol. The molecule has 10 rings (SSSR count). The predicted octanol–water partition coefficient (Wildman–Crippen LogP) is 15.9. The number of aliphatic hydroxyl groups excluding tert-OH is 2. The summed E-state index contributed by atoms with van der Waals surface area (Å²) in [5.74, 6) is 6.15. The molecule has 4 bridgehead atoms. The molecule has 6 aromatic rings. The topological polar surface area (TPSA) is 170 Å². The number of fused-ring (bicyclic) bond motifs is 6. The molecule has 0 radical (unpaired) electrons. The van der Waals surface area contributed by atoms with E-state index in [0.29, 0.717) is 48.8 Å². The van der Waals surface area contributed by atoms with E-state index in [2.05, 4.69) is 127 Å². The third kappa shape index (κ3) is 18.3. The van der Waals surface area contributed by atoms with E-state index in [0.717, 1.165) is 127 Å². The van der Waals surface area contributed by atoms with Gasteiger partial charge >= 0.3 is 0 Å². The van der Waals surface area contributed by atoms with Crippen molar-refractivity contribution in [2.75, 3.05) is 63.2 Å². The van der Waals surface area contributed by atoms with Crippen LogP contribution >= 0.6 is 45.3 Å². The highest BCUT2D eigenvalue weighted by Gasteiger charge is 2.39. The Kier molecular flexibility index (Phi) is 22.6. The number of anilines is 2. The third-order valence-corrected chi connectivity index (χ3v) is 27.8. The number of hydrogen-bond acceptors (Lipinski definition) is 16. The van der Waals surface area contributed by atoms with E-state index in [4.69, 9.17) is 39.1 Å². The van der Waals surface area contributed by atoms with Crippen LogP contribution in [0.3, 0.4) is 0 Å². The molecule has 16 nitrogen and oxygen atoms in total. The zero-order valence-electron chi connectivity index (χ0n) is 53.8. The summed E-state index contributed by atoms with van der Waals surface area (Å²) in [4.78, 5) is 26.1. The number of aliphatic hydroxyl groups is 2. The van der Waals surface area contributed by atoms with Crippen LogP contribution in [0, 0.1) is 27.2 Å². The molecule has 0 aliphatic heterocycles. The summed E-state index contributed by atoms with van der Waals surface area (Å²) >= 11 is 5.54. The number of nitrogens with zero attached hydrogens (tertiary/aromatic N) is 10. The van der Waals surface area contributed by atoms with Gasteiger partial charge in [-0.2, -0.15) is 19.2 Å². The zero-order valence-corrected chi connectivity index (χ0v) is 61.5. The van der Waals surface area contributed by atoms with Crippen LogP contribution in [0.25, 0.3) is 32.2 Å². The van der Waals surface area contributed by atoms with E-state index < -0.39 is 44.5 Å². The second-order valence-electron chi connectivity index (χ2n) is 30.1. The minimum atomic E-state index is -1.22. The highest BCUT2D eigenvalue weighted by molar-refractivity contribution is 14.1. The fourth-order valence-electron chi connectivity index (χ4n) is 12.5.